The number of hydrogen-bond donors (Lipinski definition) is 0. The van der Waals surface area contributed by atoms with E-state index in [1.807, 2.05) is 31.2 Å². The second-order valence-electron chi connectivity index (χ2n) is 8.71. The lowest BCUT2D eigenvalue weighted by Crippen LogP contribution is -2.53. The summed E-state index contributed by atoms with van der Waals surface area (Å²) >= 11 is 0. The zero-order chi connectivity index (χ0) is 23.9. The van der Waals surface area contributed by atoms with Crippen molar-refractivity contribution in [1.82, 2.24) is 4.31 Å². The van der Waals surface area contributed by atoms with Crippen LogP contribution in [0.3, 0.4) is 0 Å². The van der Waals surface area contributed by atoms with Crippen LogP contribution in [-0.4, -0.2) is 63.9 Å². The van der Waals surface area contributed by atoms with E-state index in [1.54, 1.807) is 28.0 Å². The fourth-order valence-electron chi connectivity index (χ4n) is 4.49. The molecule has 2 aromatic rings. The Kier molecular flexibility index (Phi) is 6.30. The summed E-state index contributed by atoms with van der Waals surface area (Å²) in [7, 11) is -0.602. The van der Waals surface area contributed by atoms with Gasteiger partial charge in [-0.3, -0.25) is 9.59 Å². The first kappa shape index (κ1) is 23.4. The highest BCUT2D eigenvalue weighted by Crippen LogP contribution is 2.40. The third kappa shape index (κ3) is 4.28. The van der Waals surface area contributed by atoms with Crippen molar-refractivity contribution in [3.63, 3.8) is 0 Å². The molecular formula is C24H29N3O5S. The highest BCUT2D eigenvalue weighted by molar-refractivity contribution is 7.89. The molecule has 2 aliphatic heterocycles. The van der Waals surface area contributed by atoms with Gasteiger partial charge in [0, 0.05) is 34.2 Å². The van der Waals surface area contributed by atoms with Crippen LogP contribution >= 0.6 is 0 Å². The maximum atomic E-state index is 13.3. The van der Waals surface area contributed by atoms with E-state index >= 15 is 0 Å². The van der Waals surface area contributed by atoms with Gasteiger partial charge in [-0.25, -0.2) is 12.7 Å². The molecule has 1 fully saturated rings. The van der Waals surface area contributed by atoms with Crippen molar-refractivity contribution >= 4 is 33.2 Å². The molecule has 2 aromatic carbocycles. The van der Waals surface area contributed by atoms with E-state index in [9.17, 15) is 18.0 Å². The van der Waals surface area contributed by atoms with E-state index < -0.39 is 16.1 Å². The van der Waals surface area contributed by atoms with Crippen LogP contribution < -0.4 is 9.80 Å². The van der Waals surface area contributed by atoms with Crippen LogP contribution in [0.1, 0.15) is 26.7 Å². The third-order valence-corrected chi connectivity index (χ3v) is 7.98. The Morgan fingerprint density at radius 2 is 1.79 bits per heavy atom. The predicted octanol–water partition coefficient (Wildman–Crippen LogP) is 2.87. The second-order valence-corrected chi connectivity index (χ2v) is 10.9. The Bertz CT molecular complexity index is 1190. The Balaban J connectivity index is 1.81. The number of carbonyl (C=O) groups is 2. The van der Waals surface area contributed by atoms with Crippen molar-refractivity contribution in [2.45, 2.75) is 43.7 Å². The largest absolute Gasteiger partial charge is 0.368 e. The van der Waals surface area contributed by atoms with Gasteiger partial charge < -0.3 is 14.5 Å². The van der Waals surface area contributed by atoms with E-state index in [0.29, 0.717) is 36.5 Å². The molecule has 0 saturated carbocycles. The Labute approximate surface area is 194 Å². The highest BCUT2D eigenvalue weighted by atomic mass is 32.2. The number of anilines is 2. The van der Waals surface area contributed by atoms with Gasteiger partial charge in [-0.05, 0) is 55.2 Å². The molecule has 33 heavy (non-hydrogen) atoms. The van der Waals surface area contributed by atoms with E-state index in [2.05, 4.69) is 0 Å². The summed E-state index contributed by atoms with van der Waals surface area (Å²) in [6, 6.07) is 12.1. The fraction of sp³-hybridized carbons (Fsp3) is 0.417. The number of sulfonamides is 1. The first-order valence-corrected chi connectivity index (χ1v) is 12.4. The molecule has 0 aromatic heterocycles. The maximum Gasteiger partial charge on any atom is 0.256 e. The molecule has 0 spiro atoms. The number of rotatable bonds is 4. The molecular weight excluding hydrogens is 442 g/mol. The molecule has 1 saturated heterocycles. The topological polar surface area (TPSA) is 87.2 Å². The highest BCUT2D eigenvalue weighted by Gasteiger charge is 2.37. The summed E-state index contributed by atoms with van der Waals surface area (Å²) in [5, 5.41) is 0. The van der Waals surface area contributed by atoms with Crippen LogP contribution in [-0.2, 0) is 24.3 Å². The molecule has 0 radical (unpaired) electrons. The zero-order valence-corrected chi connectivity index (χ0v) is 20.1. The van der Waals surface area contributed by atoms with Gasteiger partial charge in [-0.1, -0.05) is 18.2 Å². The summed E-state index contributed by atoms with van der Waals surface area (Å²) in [5.74, 6) is -0.204. The van der Waals surface area contributed by atoms with Crippen molar-refractivity contribution in [3.05, 3.63) is 42.5 Å². The average Bonchev–Trinajstić information content (AvgIpc) is 3.32. The molecule has 1 unspecified atom stereocenters. The van der Waals surface area contributed by atoms with Crippen LogP contribution in [0, 0.1) is 0 Å². The average molecular weight is 472 g/mol. The van der Waals surface area contributed by atoms with Crippen LogP contribution in [0.4, 0.5) is 11.4 Å². The van der Waals surface area contributed by atoms with Gasteiger partial charge in [0.15, 0.2) is 0 Å². The van der Waals surface area contributed by atoms with Crippen molar-refractivity contribution in [2.24, 2.45) is 0 Å². The number of amides is 2. The van der Waals surface area contributed by atoms with Gasteiger partial charge in [0.2, 0.25) is 15.9 Å². The number of hydrogen-bond acceptors (Lipinski definition) is 5. The lowest BCUT2D eigenvalue weighted by molar-refractivity contribution is -0.127. The molecule has 0 bridgehead atoms. The minimum atomic E-state index is -3.59. The van der Waals surface area contributed by atoms with E-state index in [1.165, 1.54) is 25.3 Å². The number of nitrogens with zero attached hydrogens (tertiary/aromatic N) is 3. The van der Waals surface area contributed by atoms with Gasteiger partial charge in [0.25, 0.3) is 5.91 Å². The standard InChI is InChI=1S/C24H29N3O5S/c1-16-15-26(24(29)23-9-6-12-32-23)22-14-19(10-11-21(22)27(16)17(2)28)18-7-5-8-20(13-18)33(30,31)25(3)4/h5,7-8,10-11,13-14,16,23H,6,9,12,15H2,1-4H3/t16-,23?/m0/s1. The van der Waals surface area contributed by atoms with Gasteiger partial charge >= 0.3 is 0 Å². The minimum Gasteiger partial charge on any atom is -0.368 e. The lowest BCUT2D eigenvalue weighted by atomic mass is 10.00. The first-order valence-electron chi connectivity index (χ1n) is 11.0. The van der Waals surface area contributed by atoms with E-state index in [-0.39, 0.29) is 22.8 Å². The summed E-state index contributed by atoms with van der Waals surface area (Å²) in [5.41, 5.74) is 2.75. The number of ether oxygens (including phenoxy) is 1. The minimum absolute atomic E-state index is 0.0974. The Morgan fingerprint density at radius 3 is 2.42 bits per heavy atom. The van der Waals surface area contributed by atoms with Crippen LogP contribution in [0.25, 0.3) is 11.1 Å². The predicted molar refractivity (Wildman–Crippen MR) is 127 cm³/mol. The molecule has 2 aliphatic rings. The first-order chi connectivity index (χ1) is 15.6. The lowest BCUT2D eigenvalue weighted by Gasteiger charge is -2.41. The molecule has 2 amide bonds. The SMILES string of the molecule is CC(=O)N1c2ccc(-c3cccc(S(=O)(=O)N(C)C)c3)cc2N(C(=O)C2CCCO2)C[C@@H]1C. The molecule has 4 rings (SSSR count). The summed E-state index contributed by atoms with van der Waals surface area (Å²) < 4.78 is 32.0. The van der Waals surface area contributed by atoms with Gasteiger partial charge in [0.1, 0.15) is 6.10 Å². The Morgan fingerprint density at radius 1 is 1.06 bits per heavy atom. The number of benzene rings is 2. The van der Waals surface area contributed by atoms with Gasteiger partial charge in [-0.15, -0.1) is 0 Å². The molecule has 9 heteroatoms. The van der Waals surface area contributed by atoms with E-state index in [0.717, 1.165) is 12.0 Å². The van der Waals surface area contributed by atoms with Crippen LogP contribution in [0.15, 0.2) is 47.4 Å². The van der Waals surface area contributed by atoms with Crippen molar-refractivity contribution in [3.8, 4) is 11.1 Å². The third-order valence-electron chi connectivity index (χ3n) is 6.17. The molecule has 0 aliphatic carbocycles. The molecule has 0 N–H and O–H groups in total. The van der Waals surface area contributed by atoms with Crippen LogP contribution in [0.5, 0.6) is 0 Å². The normalized spacial score (nSPS) is 20.8. The van der Waals surface area contributed by atoms with E-state index in [4.69, 9.17) is 4.74 Å². The maximum absolute atomic E-state index is 13.3. The van der Waals surface area contributed by atoms with Crippen LogP contribution in [0.2, 0.25) is 0 Å². The molecule has 8 nitrogen and oxygen atoms in total. The van der Waals surface area contributed by atoms with Crippen molar-refractivity contribution in [2.75, 3.05) is 37.0 Å². The Hall–Kier alpha value is -2.75. The summed E-state index contributed by atoms with van der Waals surface area (Å²) in [6.45, 7) is 4.37. The summed E-state index contributed by atoms with van der Waals surface area (Å²) in [4.78, 5) is 29.3. The van der Waals surface area contributed by atoms with Crippen molar-refractivity contribution in [1.29, 1.82) is 0 Å². The number of carbonyl (C=O) groups excluding carboxylic acids is 2. The zero-order valence-electron chi connectivity index (χ0n) is 19.3. The van der Waals surface area contributed by atoms with Crippen molar-refractivity contribution < 1.29 is 22.7 Å². The number of fused-ring (bicyclic) bond motifs is 1. The monoisotopic (exact) mass is 471 g/mol. The van der Waals surface area contributed by atoms with Gasteiger partial charge in [0.05, 0.1) is 22.3 Å². The smallest absolute Gasteiger partial charge is 0.256 e. The second kappa shape index (κ2) is 8.89. The molecule has 2 atom stereocenters. The summed E-state index contributed by atoms with van der Waals surface area (Å²) in [6.07, 6.45) is 1.05. The molecule has 2 heterocycles. The quantitative estimate of drug-likeness (QED) is 0.684. The molecule has 176 valence electrons. The van der Waals surface area contributed by atoms with Gasteiger partial charge in [-0.2, -0.15) is 0 Å². The fourth-order valence-corrected chi connectivity index (χ4v) is 5.43.